The Morgan fingerprint density at radius 3 is 1.75 bits per heavy atom. The van der Waals surface area contributed by atoms with Crippen LogP contribution in [0.4, 0.5) is 0 Å². The monoisotopic (exact) mass is 164 g/mol. The van der Waals surface area contributed by atoms with Gasteiger partial charge in [-0.05, 0) is 30.4 Å². The Hall–Kier alpha value is -0.780. The maximum atomic E-state index is 2.24. The van der Waals surface area contributed by atoms with Gasteiger partial charge in [0.2, 0.25) is 0 Å². The van der Waals surface area contributed by atoms with Gasteiger partial charge in [0, 0.05) is 0 Å². The summed E-state index contributed by atoms with van der Waals surface area (Å²) in [5.41, 5.74) is 3.13. The Balaban J connectivity index is 0.000000378. The molecule has 0 radical (unpaired) electrons. The molecule has 12 heavy (non-hydrogen) atoms. The van der Waals surface area contributed by atoms with Crippen LogP contribution in [0.2, 0.25) is 0 Å². The fourth-order valence-electron chi connectivity index (χ4n) is 1.51. The van der Waals surface area contributed by atoms with E-state index >= 15 is 0 Å². The van der Waals surface area contributed by atoms with Crippen LogP contribution in [0.25, 0.3) is 0 Å². The standard InChI is InChI=1S/C9H10.C2H6.CH4/c1-2-5-9-7-3-6-8(9)4-1;1-2;/h1-2,4-5H,3,6-7H2;1-2H3;1H4. The molecule has 0 aromatic heterocycles. The van der Waals surface area contributed by atoms with Crippen LogP contribution in [-0.4, -0.2) is 0 Å². The van der Waals surface area contributed by atoms with E-state index in [4.69, 9.17) is 0 Å². The van der Waals surface area contributed by atoms with Crippen LogP contribution >= 0.6 is 0 Å². The van der Waals surface area contributed by atoms with E-state index in [1.54, 1.807) is 11.1 Å². The van der Waals surface area contributed by atoms with Crippen LogP contribution in [0.5, 0.6) is 0 Å². The summed E-state index contributed by atoms with van der Waals surface area (Å²) in [7, 11) is 0. The van der Waals surface area contributed by atoms with Crippen LogP contribution in [0.3, 0.4) is 0 Å². The maximum Gasteiger partial charge on any atom is -0.0273 e. The van der Waals surface area contributed by atoms with Crippen molar-refractivity contribution < 1.29 is 0 Å². The summed E-state index contributed by atoms with van der Waals surface area (Å²) < 4.78 is 0. The van der Waals surface area contributed by atoms with E-state index in [1.165, 1.54) is 19.3 Å². The summed E-state index contributed by atoms with van der Waals surface area (Å²) >= 11 is 0. The Labute approximate surface area is 76.6 Å². The smallest absolute Gasteiger partial charge is 0.0273 e. The molecule has 0 aliphatic heterocycles. The van der Waals surface area contributed by atoms with E-state index in [1.807, 2.05) is 13.8 Å². The second-order valence-corrected chi connectivity index (χ2v) is 2.62. The number of hydrogen-bond acceptors (Lipinski definition) is 0. The first-order chi connectivity index (χ1) is 5.47. The van der Waals surface area contributed by atoms with E-state index in [-0.39, 0.29) is 7.43 Å². The number of fused-ring (bicyclic) bond motifs is 1. The van der Waals surface area contributed by atoms with E-state index < -0.39 is 0 Å². The third kappa shape index (κ3) is 2.37. The SMILES string of the molecule is C.CC.c1ccc2c(c1)CCC2. The Morgan fingerprint density at radius 2 is 1.33 bits per heavy atom. The lowest BCUT2D eigenvalue weighted by molar-refractivity contribution is 0.912. The van der Waals surface area contributed by atoms with Crippen molar-refractivity contribution in [3.63, 3.8) is 0 Å². The van der Waals surface area contributed by atoms with Gasteiger partial charge < -0.3 is 0 Å². The van der Waals surface area contributed by atoms with Gasteiger partial charge in [-0.25, -0.2) is 0 Å². The molecule has 0 unspecified atom stereocenters. The highest BCUT2D eigenvalue weighted by Gasteiger charge is 2.07. The van der Waals surface area contributed by atoms with Crippen molar-refractivity contribution in [2.75, 3.05) is 0 Å². The van der Waals surface area contributed by atoms with Gasteiger partial charge in [0.15, 0.2) is 0 Å². The zero-order valence-electron chi connectivity index (χ0n) is 7.43. The molecule has 1 aliphatic carbocycles. The maximum absolute atomic E-state index is 2.24. The van der Waals surface area contributed by atoms with Gasteiger partial charge in [-0.15, -0.1) is 0 Å². The van der Waals surface area contributed by atoms with Gasteiger partial charge >= 0.3 is 0 Å². The Morgan fingerprint density at radius 1 is 0.917 bits per heavy atom. The zero-order valence-corrected chi connectivity index (χ0v) is 7.43. The lowest BCUT2D eigenvalue weighted by Crippen LogP contribution is -1.77. The van der Waals surface area contributed by atoms with Gasteiger partial charge in [0.25, 0.3) is 0 Å². The largest absolute Gasteiger partial charge is 0.0776 e. The van der Waals surface area contributed by atoms with Crippen molar-refractivity contribution in [2.24, 2.45) is 0 Å². The van der Waals surface area contributed by atoms with Crippen LogP contribution in [-0.2, 0) is 12.8 Å². The molecule has 0 nitrogen and oxygen atoms in total. The van der Waals surface area contributed by atoms with E-state index in [2.05, 4.69) is 24.3 Å². The average Bonchev–Trinajstić information content (AvgIpc) is 2.55. The molecule has 0 atom stereocenters. The highest BCUT2D eigenvalue weighted by atomic mass is 14.1. The van der Waals surface area contributed by atoms with Crippen molar-refractivity contribution >= 4 is 0 Å². The summed E-state index contributed by atoms with van der Waals surface area (Å²) in [5.74, 6) is 0. The van der Waals surface area contributed by atoms with E-state index in [9.17, 15) is 0 Å². The molecule has 0 spiro atoms. The van der Waals surface area contributed by atoms with E-state index in [0.717, 1.165) is 0 Å². The summed E-state index contributed by atoms with van der Waals surface area (Å²) in [6.45, 7) is 4.00. The predicted molar refractivity (Wildman–Crippen MR) is 56.5 cm³/mol. The number of rotatable bonds is 0. The van der Waals surface area contributed by atoms with Gasteiger partial charge in [0.05, 0.1) is 0 Å². The molecule has 0 saturated heterocycles. The van der Waals surface area contributed by atoms with E-state index in [0.29, 0.717) is 0 Å². The summed E-state index contributed by atoms with van der Waals surface area (Å²) in [4.78, 5) is 0. The molecule has 0 heterocycles. The molecule has 2 rings (SSSR count). The summed E-state index contributed by atoms with van der Waals surface area (Å²) in [6, 6.07) is 8.74. The fourth-order valence-corrected chi connectivity index (χ4v) is 1.51. The fraction of sp³-hybridized carbons (Fsp3) is 0.500. The topological polar surface area (TPSA) is 0 Å². The molecule has 68 valence electrons. The molecule has 0 saturated carbocycles. The highest BCUT2D eigenvalue weighted by Crippen LogP contribution is 2.20. The second-order valence-electron chi connectivity index (χ2n) is 2.62. The van der Waals surface area contributed by atoms with Crippen molar-refractivity contribution in [1.29, 1.82) is 0 Å². The normalized spacial score (nSPS) is 12.2. The molecule has 1 aromatic rings. The molecule has 0 bridgehead atoms. The molecule has 0 heteroatoms. The first-order valence-electron chi connectivity index (χ1n) is 4.53. The minimum absolute atomic E-state index is 0. The van der Waals surface area contributed by atoms with Crippen LogP contribution < -0.4 is 0 Å². The number of benzene rings is 1. The number of aryl methyl sites for hydroxylation is 2. The molecule has 1 aromatic carbocycles. The van der Waals surface area contributed by atoms with Crippen LogP contribution in [0.15, 0.2) is 24.3 Å². The molecule has 0 fully saturated rings. The van der Waals surface area contributed by atoms with Gasteiger partial charge in [-0.2, -0.15) is 0 Å². The first kappa shape index (κ1) is 11.2. The van der Waals surface area contributed by atoms with Gasteiger partial charge in [-0.1, -0.05) is 45.5 Å². The van der Waals surface area contributed by atoms with Gasteiger partial charge in [-0.3, -0.25) is 0 Å². The van der Waals surface area contributed by atoms with Crippen molar-refractivity contribution in [3.8, 4) is 0 Å². The average molecular weight is 164 g/mol. The Bertz CT molecular complexity index is 190. The lowest BCUT2D eigenvalue weighted by atomic mass is 10.1. The van der Waals surface area contributed by atoms with Gasteiger partial charge in [0.1, 0.15) is 0 Å². The number of hydrogen-bond donors (Lipinski definition) is 0. The van der Waals surface area contributed by atoms with Crippen molar-refractivity contribution in [2.45, 2.75) is 40.5 Å². The molecule has 0 amide bonds. The lowest BCUT2D eigenvalue weighted by Gasteiger charge is -1.93. The molecular formula is C12H20. The predicted octanol–water partition coefficient (Wildman–Crippen LogP) is 3.84. The summed E-state index contributed by atoms with van der Waals surface area (Å²) in [6.07, 6.45) is 3.96. The van der Waals surface area contributed by atoms with Crippen LogP contribution in [0, 0.1) is 0 Å². The van der Waals surface area contributed by atoms with Crippen LogP contribution in [0.1, 0.15) is 38.8 Å². The zero-order chi connectivity index (χ0) is 8.10. The van der Waals surface area contributed by atoms with Crippen molar-refractivity contribution in [1.82, 2.24) is 0 Å². The third-order valence-corrected chi connectivity index (χ3v) is 2.01. The molecule has 0 N–H and O–H groups in total. The molecule has 1 aliphatic rings. The molecular weight excluding hydrogens is 144 g/mol. The first-order valence-corrected chi connectivity index (χ1v) is 4.53. The third-order valence-electron chi connectivity index (χ3n) is 2.01. The Kier molecular flexibility index (Phi) is 5.44. The quantitative estimate of drug-likeness (QED) is 0.546. The minimum atomic E-state index is 0. The minimum Gasteiger partial charge on any atom is -0.0776 e. The highest BCUT2D eigenvalue weighted by molar-refractivity contribution is 5.30. The van der Waals surface area contributed by atoms with Crippen molar-refractivity contribution in [3.05, 3.63) is 35.4 Å². The summed E-state index contributed by atoms with van der Waals surface area (Å²) in [5, 5.41) is 0. The second kappa shape index (κ2) is 5.82.